The van der Waals surface area contributed by atoms with E-state index in [4.69, 9.17) is 9.57 Å². The summed E-state index contributed by atoms with van der Waals surface area (Å²) >= 11 is 0. The van der Waals surface area contributed by atoms with Crippen molar-refractivity contribution in [3.63, 3.8) is 0 Å². The Kier molecular flexibility index (Phi) is 3.66. The molecular formula is C11H19NO5. The standard InChI is InChI=1S/C11H19NO5/c1-5-11(8(13)14)6-7-16-12(11)9(15)17-10(2,3)4/h5-7H2,1-4H3,(H,13,14)/t11-/m0/s1. The number of rotatable bonds is 2. The van der Waals surface area contributed by atoms with Crippen LogP contribution in [0.3, 0.4) is 0 Å². The molecule has 98 valence electrons. The molecule has 17 heavy (non-hydrogen) atoms. The second kappa shape index (κ2) is 4.52. The Morgan fingerprint density at radius 3 is 2.47 bits per heavy atom. The number of carboxylic acid groups (broad SMARTS) is 1. The minimum Gasteiger partial charge on any atom is -0.479 e. The van der Waals surface area contributed by atoms with E-state index in [0.717, 1.165) is 5.06 Å². The van der Waals surface area contributed by atoms with Gasteiger partial charge in [0.2, 0.25) is 0 Å². The minimum absolute atomic E-state index is 0.208. The molecular weight excluding hydrogens is 226 g/mol. The van der Waals surface area contributed by atoms with Gasteiger partial charge >= 0.3 is 12.1 Å². The highest BCUT2D eigenvalue weighted by Gasteiger charge is 2.52. The van der Waals surface area contributed by atoms with E-state index in [1.807, 2.05) is 0 Å². The number of carbonyl (C=O) groups is 2. The monoisotopic (exact) mass is 245 g/mol. The Morgan fingerprint density at radius 2 is 2.06 bits per heavy atom. The quantitative estimate of drug-likeness (QED) is 0.802. The fourth-order valence-electron chi connectivity index (χ4n) is 1.73. The molecule has 0 radical (unpaired) electrons. The molecule has 1 amide bonds. The van der Waals surface area contributed by atoms with E-state index < -0.39 is 23.2 Å². The number of carbonyl (C=O) groups excluding carboxylic acids is 1. The summed E-state index contributed by atoms with van der Waals surface area (Å²) in [6.07, 6.45) is -0.195. The van der Waals surface area contributed by atoms with Crippen LogP contribution in [0.1, 0.15) is 40.5 Å². The number of aliphatic carboxylic acids is 1. The van der Waals surface area contributed by atoms with Gasteiger partial charge in [-0.25, -0.2) is 9.59 Å². The zero-order valence-electron chi connectivity index (χ0n) is 10.6. The molecule has 0 spiro atoms. The van der Waals surface area contributed by atoms with Gasteiger partial charge in [0.25, 0.3) is 0 Å². The van der Waals surface area contributed by atoms with Crippen LogP contribution in [0.5, 0.6) is 0 Å². The van der Waals surface area contributed by atoms with Gasteiger partial charge in [-0.1, -0.05) is 6.92 Å². The normalized spacial score (nSPS) is 24.8. The number of ether oxygens (including phenoxy) is 1. The van der Waals surface area contributed by atoms with Gasteiger partial charge in [-0.3, -0.25) is 4.84 Å². The summed E-state index contributed by atoms with van der Waals surface area (Å²) < 4.78 is 5.13. The Labute approximate surface area is 100 Å². The van der Waals surface area contributed by atoms with E-state index in [2.05, 4.69) is 0 Å². The maximum absolute atomic E-state index is 11.9. The van der Waals surface area contributed by atoms with Crippen LogP contribution >= 0.6 is 0 Å². The maximum Gasteiger partial charge on any atom is 0.435 e. The van der Waals surface area contributed by atoms with Gasteiger partial charge in [-0.05, 0) is 27.2 Å². The first-order chi connectivity index (χ1) is 7.73. The highest BCUT2D eigenvalue weighted by atomic mass is 16.7. The van der Waals surface area contributed by atoms with E-state index in [1.54, 1.807) is 27.7 Å². The van der Waals surface area contributed by atoms with Crippen molar-refractivity contribution in [2.24, 2.45) is 0 Å². The van der Waals surface area contributed by atoms with Crippen LogP contribution < -0.4 is 0 Å². The van der Waals surface area contributed by atoms with E-state index in [0.29, 0.717) is 0 Å². The van der Waals surface area contributed by atoms with Gasteiger partial charge in [0.05, 0.1) is 6.61 Å². The average Bonchev–Trinajstić information content (AvgIpc) is 2.59. The second-order valence-corrected chi connectivity index (χ2v) is 5.05. The lowest BCUT2D eigenvalue weighted by atomic mass is 9.93. The van der Waals surface area contributed by atoms with Crippen LogP contribution in [-0.2, 0) is 14.4 Å². The van der Waals surface area contributed by atoms with E-state index in [1.165, 1.54) is 0 Å². The lowest BCUT2D eigenvalue weighted by Crippen LogP contribution is -2.53. The topological polar surface area (TPSA) is 76.1 Å². The van der Waals surface area contributed by atoms with Crippen molar-refractivity contribution < 1.29 is 24.3 Å². The van der Waals surface area contributed by atoms with Crippen LogP contribution in [0.2, 0.25) is 0 Å². The fourth-order valence-corrected chi connectivity index (χ4v) is 1.73. The Morgan fingerprint density at radius 1 is 1.47 bits per heavy atom. The van der Waals surface area contributed by atoms with Gasteiger partial charge in [0.15, 0.2) is 5.54 Å². The lowest BCUT2D eigenvalue weighted by molar-refractivity contribution is -0.179. The van der Waals surface area contributed by atoms with Gasteiger partial charge in [-0.2, -0.15) is 5.06 Å². The summed E-state index contributed by atoms with van der Waals surface area (Å²) in [6, 6.07) is 0. The average molecular weight is 245 g/mol. The number of amides is 1. The van der Waals surface area contributed by atoms with Crippen LogP contribution in [0.4, 0.5) is 4.79 Å². The number of carboxylic acids is 1. The molecule has 1 fully saturated rings. The zero-order valence-corrected chi connectivity index (χ0v) is 10.6. The molecule has 6 heteroatoms. The van der Waals surface area contributed by atoms with Gasteiger partial charge < -0.3 is 9.84 Å². The summed E-state index contributed by atoms with van der Waals surface area (Å²) in [4.78, 5) is 28.3. The third kappa shape index (κ3) is 2.69. The summed E-state index contributed by atoms with van der Waals surface area (Å²) in [6.45, 7) is 7.07. The molecule has 1 saturated heterocycles. The van der Waals surface area contributed by atoms with Crippen molar-refractivity contribution in [1.82, 2.24) is 5.06 Å². The molecule has 1 rings (SSSR count). The summed E-state index contributed by atoms with van der Waals surface area (Å²) in [5.74, 6) is -1.07. The summed E-state index contributed by atoms with van der Waals surface area (Å²) in [5, 5.41) is 10.1. The van der Waals surface area contributed by atoms with E-state index >= 15 is 0 Å². The van der Waals surface area contributed by atoms with Crippen LogP contribution in [0, 0.1) is 0 Å². The third-order valence-corrected chi connectivity index (χ3v) is 2.67. The molecule has 1 atom stereocenters. The van der Waals surface area contributed by atoms with Crippen molar-refractivity contribution in [2.45, 2.75) is 51.7 Å². The predicted octanol–water partition coefficient (Wildman–Crippen LogP) is 1.79. The summed E-state index contributed by atoms with van der Waals surface area (Å²) in [7, 11) is 0. The second-order valence-electron chi connectivity index (χ2n) is 5.05. The highest BCUT2D eigenvalue weighted by Crippen LogP contribution is 2.32. The van der Waals surface area contributed by atoms with Gasteiger partial charge in [0.1, 0.15) is 5.60 Å². The van der Waals surface area contributed by atoms with Crippen molar-refractivity contribution in [3.8, 4) is 0 Å². The third-order valence-electron chi connectivity index (χ3n) is 2.67. The van der Waals surface area contributed by atoms with Crippen LogP contribution in [-0.4, -0.2) is 40.0 Å². The molecule has 1 heterocycles. The molecule has 0 unspecified atom stereocenters. The molecule has 0 aromatic heterocycles. The first-order valence-electron chi connectivity index (χ1n) is 5.62. The lowest BCUT2D eigenvalue weighted by Gasteiger charge is -2.32. The van der Waals surface area contributed by atoms with Crippen LogP contribution in [0.15, 0.2) is 0 Å². The molecule has 0 aromatic carbocycles. The molecule has 0 bridgehead atoms. The van der Waals surface area contributed by atoms with Crippen molar-refractivity contribution in [2.75, 3.05) is 6.61 Å². The summed E-state index contributed by atoms with van der Waals surface area (Å²) in [5.41, 5.74) is -1.98. The maximum atomic E-state index is 11.9. The van der Waals surface area contributed by atoms with E-state index in [-0.39, 0.29) is 19.4 Å². The number of hydrogen-bond acceptors (Lipinski definition) is 4. The predicted molar refractivity (Wildman–Crippen MR) is 59.3 cm³/mol. The highest BCUT2D eigenvalue weighted by molar-refractivity contribution is 5.84. The molecule has 0 aliphatic carbocycles. The Hall–Kier alpha value is -1.30. The molecule has 6 nitrogen and oxygen atoms in total. The largest absolute Gasteiger partial charge is 0.479 e. The number of hydrogen-bond donors (Lipinski definition) is 1. The first kappa shape index (κ1) is 13.8. The van der Waals surface area contributed by atoms with Crippen molar-refractivity contribution in [1.29, 1.82) is 0 Å². The minimum atomic E-state index is -1.30. The van der Waals surface area contributed by atoms with Gasteiger partial charge in [-0.15, -0.1) is 0 Å². The van der Waals surface area contributed by atoms with Gasteiger partial charge in [0, 0.05) is 6.42 Å². The smallest absolute Gasteiger partial charge is 0.435 e. The fraction of sp³-hybridized carbons (Fsp3) is 0.818. The Bertz CT molecular complexity index is 322. The molecule has 0 aromatic rings. The van der Waals surface area contributed by atoms with Crippen molar-refractivity contribution in [3.05, 3.63) is 0 Å². The van der Waals surface area contributed by atoms with Crippen LogP contribution in [0.25, 0.3) is 0 Å². The molecule has 1 aliphatic rings. The zero-order chi connectivity index (χ0) is 13.3. The van der Waals surface area contributed by atoms with E-state index in [9.17, 15) is 14.7 Å². The molecule has 1 N–H and O–H groups in total. The number of hydroxylamine groups is 2. The Balaban J connectivity index is 2.89. The first-order valence-corrected chi connectivity index (χ1v) is 5.62. The SMILES string of the molecule is CC[C@@]1(C(=O)O)CCON1C(=O)OC(C)(C)C. The molecule has 0 saturated carbocycles. The molecule has 1 aliphatic heterocycles. The van der Waals surface area contributed by atoms with Crippen molar-refractivity contribution >= 4 is 12.1 Å². The number of nitrogens with zero attached hydrogens (tertiary/aromatic N) is 1.